The molecule has 17 heavy (non-hydrogen) atoms. The molecular formula is C11H13Cl2N3O. The van der Waals surface area contributed by atoms with Gasteiger partial charge in [-0.05, 0) is 24.6 Å². The fraction of sp³-hybridized carbons (Fsp3) is 0.364. The number of amides is 2. The second kappa shape index (κ2) is 5.12. The maximum atomic E-state index is 11.9. The third-order valence-electron chi connectivity index (χ3n) is 2.68. The molecule has 1 unspecified atom stereocenters. The van der Waals surface area contributed by atoms with E-state index in [-0.39, 0.29) is 12.1 Å². The fourth-order valence-electron chi connectivity index (χ4n) is 1.76. The Kier molecular flexibility index (Phi) is 3.76. The topological polar surface area (TPSA) is 58.4 Å². The van der Waals surface area contributed by atoms with Gasteiger partial charge in [0.1, 0.15) is 0 Å². The molecule has 0 saturated carbocycles. The second-order valence-electron chi connectivity index (χ2n) is 4.05. The van der Waals surface area contributed by atoms with E-state index in [0.717, 1.165) is 6.42 Å². The molecule has 1 atom stereocenters. The van der Waals surface area contributed by atoms with Gasteiger partial charge >= 0.3 is 6.03 Å². The lowest BCUT2D eigenvalue weighted by Gasteiger charge is -2.17. The standard InChI is InChI=1S/C11H13Cl2N3O/c12-7-1-2-9(13)10(5-7)15-11(17)16-4-3-8(14)6-16/h1-2,5,8H,3-4,6,14H2,(H,15,17). The minimum absolute atomic E-state index is 0.0654. The Morgan fingerprint density at radius 3 is 2.88 bits per heavy atom. The van der Waals surface area contributed by atoms with Gasteiger partial charge in [0, 0.05) is 24.2 Å². The smallest absolute Gasteiger partial charge is 0.321 e. The van der Waals surface area contributed by atoms with Crippen LogP contribution in [0.5, 0.6) is 0 Å². The number of benzene rings is 1. The van der Waals surface area contributed by atoms with Crippen molar-refractivity contribution in [1.82, 2.24) is 4.90 Å². The summed E-state index contributed by atoms with van der Waals surface area (Å²) in [6.45, 7) is 1.25. The van der Waals surface area contributed by atoms with Crippen molar-refractivity contribution in [2.24, 2.45) is 5.73 Å². The van der Waals surface area contributed by atoms with Gasteiger partial charge in [-0.25, -0.2) is 4.79 Å². The number of urea groups is 1. The molecule has 2 rings (SSSR count). The predicted octanol–water partition coefficient (Wildman–Crippen LogP) is 2.56. The molecule has 2 amide bonds. The lowest BCUT2D eigenvalue weighted by Crippen LogP contribution is -2.35. The van der Waals surface area contributed by atoms with E-state index in [2.05, 4.69) is 5.32 Å². The maximum absolute atomic E-state index is 11.9. The summed E-state index contributed by atoms with van der Waals surface area (Å²) in [5, 5.41) is 3.72. The van der Waals surface area contributed by atoms with Gasteiger partial charge in [0.05, 0.1) is 10.7 Å². The van der Waals surface area contributed by atoms with Gasteiger partial charge in [0.2, 0.25) is 0 Å². The van der Waals surface area contributed by atoms with Crippen LogP contribution in [0, 0.1) is 0 Å². The van der Waals surface area contributed by atoms with Crippen LogP contribution >= 0.6 is 23.2 Å². The number of nitrogens with two attached hydrogens (primary N) is 1. The summed E-state index contributed by atoms with van der Waals surface area (Å²) in [6, 6.07) is 4.82. The van der Waals surface area contributed by atoms with Gasteiger partial charge < -0.3 is 16.0 Å². The molecule has 1 fully saturated rings. The zero-order valence-corrected chi connectivity index (χ0v) is 10.6. The average Bonchev–Trinajstić information content (AvgIpc) is 2.70. The van der Waals surface area contributed by atoms with E-state index in [1.807, 2.05) is 0 Å². The first-order valence-corrected chi connectivity index (χ1v) is 6.08. The van der Waals surface area contributed by atoms with E-state index in [0.29, 0.717) is 28.8 Å². The van der Waals surface area contributed by atoms with E-state index >= 15 is 0 Å². The van der Waals surface area contributed by atoms with E-state index in [9.17, 15) is 4.79 Å². The Morgan fingerprint density at radius 1 is 1.47 bits per heavy atom. The van der Waals surface area contributed by atoms with Crippen LogP contribution in [0.2, 0.25) is 10.0 Å². The molecule has 1 saturated heterocycles. The molecule has 1 aromatic carbocycles. The van der Waals surface area contributed by atoms with Crippen molar-refractivity contribution in [3.05, 3.63) is 28.2 Å². The molecule has 1 heterocycles. The summed E-state index contributed by atoms with van der Waals surface area (Å²) >= 11 is 11.8. The molecule has 0 aromatic heterocycles. The summed E-state index contributed by atoms with van der Waals surface area (Å²) in [5.74, 6) is 0. The highest BCUT2D eigenvalue weighted by atomic mass is 35.5. The Morgan fingerprint density at radius 2 is 2.24 bits per heavy atom. The molecule has 1 aliphatic rings. The zero-order chi connectivity index (χ0) is 12.4. The monoisotopic (exact) mass is 273 g/mol. The van der Waals surface area contributed by atoms with Gasteiger partial charge in [0.15, 0.2) is 0 Å². The highest BCUT2D eigenvalue weighted by molar-refractivity contribution is 6.35. The molecule has 3 N–H and O–H groups in total. The molecular weight excluding hydrogens is 261 g/mol. The lowest BCUT2D eigenvalue weighted by molar-refractivity contribution is 0.222. The fourth-order valence-corrected chi connectivity index (χ4v) is 2.10. The Balaban J connectivity index is 2.05. The van der Waals surface area contributed by atoms with Crippen LogP contribution in [0.1, 0.15) is 6.42 Å². The van der Waals surface area contributed by atoms with Gasteiger partial charge in [-0.3, -0.25) is 0 Å². The number of carbonyl (C=O) groups excluding carboxylic acids is 1. The number of nitrogens with one attached hydrogen (secondary N) is 1. The summed E-state index contributed by atoms with van der Waals surface area (Å²) in [5.41, 5.74) is 6.26. The van der Waals surface area contributed by atoms with E-state index in [4.69, 9.17) is 28.9 Å². The van der Waals surface area contributed by atoms with Crippen molar-refractivity contribution in [3.8, 4) is 0 Å². The van der Waals surface area contributed by atoms with Crippen molar-refractivity contribution in [1.29, 1.82) is 0 Å². The first-order chi connectivity index (χ1) is 8.06. The highest BCUT2D eigenvalue weighted by Crippen LogP contribution is 2.25. The van der Waals surface area contributed by atoms with Crippen molar-refractivity contribution in [2.45, 2.75) is 12.5 Å². The van der Waals surface area contributed by atoms with Crippen LogP contribution in [0.3, 0.4) is 0 Å². The number of likely N-dealkylation sites (tertiary alicyclic amines) is 1. The summed E-state index contributed by atoms with van der Waals surface area (Å²) in [4.78, 5) is 13.5. The van der Waals surface area contributed by atoms with Gasteiger partial charge in [-0.15, -0.1) is 0 Å². The quantitative estimate of drug-likeness (QED) is 0.826. The van der Waals surface area contributed by atoms with Crippen LogP contribution in [0.15, 0.2) is 18.2 Å². The molecule has 0 aliphatic carbocycles. The summed E-state index contributed by atoms with van der Waals surface area (Å²) in [6.07, 6.45) is 0.830. The third-order valence-corrected chi connectivity index (χ3v) is 3.25. The average molecular weight is 274 g/mol. The molecule has 6 heteroatoms. The minimum Gasteiger partial charge on any atom is -0.326 e. The lowest BCUT2D eigenvalue weighted by atomic mass is 10.3. The van der Waals surface area contributed by atoms with Crippen molar-refractivity contribution in [3.63, 3.8) is 0 Å². The Labute approximate surface area is 110 Å². The summed E-state index contributed by atoms with van der Waals surface area (Å²) in [7, 11) is 0. The first kappa shape index (κ1) is 12.5. The zero-order valence-electron chi connectivity index (χ0n) is 9.12. The van der Waals surface area contributed by atoms with Gasteiger partial charge in [0.25, 0.3) is 0 Å². The number of hydrogen-bond donors (Lipinski definition) is 2. The number of hydrogen-bond acceptors (Lipinski definition) is 2. The Hall–Kier alpha value is -0.970. The molecule has 0 radical (unpaired) electrons. The largest absolute Gasteiger partial charge is 0.326 e. The molecule has 0 bridgehead atoms. The van der Waals surface area contributed by atoms with Gasteiger partial charge in [-0.2, -0.15) is 0 Å². The molecule has 1 aliphatic heterocycles. The van der Waals surface area contributed by atoms with Gasteiger partial charge in [-0.1, -0.05) is 23.2 Å². The number of nitrogens with zero attached hydrogens (tertiary/aromatic N) is 1. The number of anilines is 1. The minimum atomic E-state index is -0.192. The second-order valence-corrected chi connectivity index (χ2v) is 4.89. The van der Waals surface area contributed by atoms with Crippen LogP contribution in [0.25, 0.3) is 0 Å². The molecule has 4 nitrogen and oxygen atoms in total. The van der Waals surface area contributed by atoms with Crippen LogP contribution in [0.4, 0.5) is 10.5 Å². The van der Waals surface area contributed by atoms with Crippen LogP contribution in [-0.2, 0) is 0 Å². The normalized spacial score (nSPS) is 19.5. The summed E-state index contributed by atoms with van der Waals surface area (Å²) < 4.78 is 0. The molecule has 1 aromatic rings. The van der Waals surface area contributed by atoms with Crippen LogP contribution in [-0.4, -0.2) is 30.1 Å². The van der Waals surface area contributed by atoms with Crippen LogP contribution < -0.4 is 11.1 Å². The maximum Gasteiger partial charge on any atom is 0.321 e. The number of rotatable bonds is 1. The van der Waals surface area contributed by atoms with E-state index < -0.39 is 0 Å². The number of halogens is 2. The Bertz CT molecular complexity index is 439. The number of carbonyl (C=O) groups is 1. The van der Waals surface area contributed by atoms with Crippen molar-refractivity contribution < 1.29 is 4.79 Å². The van der Waals surface area contributed by atoms with E-state index in [1.165, 1.54) is 0 Å². The molecule has 92 valence electrons. The molecule has 0 spiro atoms. The highest BCUT2D eigenvalue weighted by Gasteiger charge is 2.23. The third kappa shape index (κ3) is 3.03. The predicted molar refractivity (Wildman–Crippen MR) is 69.6 cm³/mol. The van der Waals surface area contributed by atoms with E-state index in [1.54, 1.807) is 23.1 Å². The van der Waals surface area contributed by atoms with Crippen molar-refractivity contribution in [2.75, 3.05) is 18.4 Å². The first-order valence-electron chi connectivity index (χ1n) is 5.33. The van der Waals surface area contributed by atoms with Crippen molar-refractivity contribution >= 4 is 34.9 Å². The SMILES string of the molecule is NC1CCN(C(=O)Nc2cc(Cl)ccc2Cl)C1.